The van der Waals surface area contributed by atoms with E-state index in [1.807, 2.05) is 25.2 Å². The number of nitrogens with one attached hydrogen (secondary N) is 1. The molecule has 1 unspecified atom stereocenters. The number of hydrogen-bond donors (Lipinski definition) is 1. The molecule has 2 rings (SSSR count). The fourth-order valence-electron chi connectivity index (χ4n) is 1.96. The summed E-state index contributed by atoms with van der Waals surface area (Å²) in [5.41, 5.74) is 0.648. The van der Waals surface area contributed by atoms with Crippen LogP contribution in [0.1, 0.15) is 5.56 Å². The number of rotatable bonds is 6. The Hall–Kier alpha value is -0.550. The Morgan fingerprint density at radius 3 is 2.76 bits per heavy atom. The highest BCUT2D eigenvalue weighted by molar-refractivity contribution is 9.10. The first-order valence-corrected chi connectivity index (χ1v) is 8.74. The van der Waals surface area contributed by atoms with Gasteiger partial charge in [0, 0.05) is 26.2 Å². The number of thioether (sulfide) groups is 1. The zero-order valence-electron chi connectivity index (χ0n) is 11.6. The zero-order valence-corrected chi connectivity index (χ0v) is 14.7. The third-order valence-electron chi connectivity index (χ3n) is 3.16. The molecule has 21 heavy (non-hydrogen) atoms. The fraction of sp³-hybridized carbons (Fsp3) is 0.250. The van der Waals surface area contributed by atoms with E-state index < -0.39 is 0 Å². The molecule has 2 aromatic carbocycles. The molecule has 2 aromatic rings. The first-order valence-electron chi connectivity index (χ1n) is 6.58. The van der Waals surface area contributed by atoms with Gasteiger partial charge in [0.2, 0.25) is 0 Å². The van der Waals surface area contributed by atoms with Gasteiger partial charge in [-0.25, -0.2) is 4.39 Å². The van der Waals surface area contributed by atoms with Crippen LogP contribution < -0.4 is 5.32 Å². The summed E-state index contributed by atoms with van der Waals surface area (Å²) >= 11 is 11.2. The van der Waals surface area contributed by atoms with Crippen molar-refractivity contribution < 1.29 is 4.39 Å². The molecule has 0 bridgehead atoms. The molecule has 0 saturated heterocycles. The van der Waals surface area contributed by atoms with Crippen LogP contribution in [0.3, 0.4) is 0 Å². The van der Waals surface area contributed by atoms with Crippen molar-refractivity contribution in [3.05, 3.63) is 63.3 Å². The standard InChI is InChI=1S/C16H16BrClFNS/c1-20-13(9-11-8-12(18)6-7-15(11)19)10-21-16-5-3-2-4-14(16)17/h2-8,13,20H,9-10H2,1H3. The van der Waals surface area contributed by atoms with Crippen LogP contribution >= 0.6 is 39.3 Å². The molecule has 0 aromatic heterocycles. The van der Waals surface area contributed by atoms with Gasteiger partial charge in [-0.2, -0.15) is 0 Å². The number of hydrogen-bond acceptors (Lipinski definition) is 2. The number of benzene rings is 2. The minimum atomic E-state index is -0.203. The van der Waals surface area contributed by atoms with Gasteiger partial charge in [0.1, 0.15) is 5.82 Å². The smallest absolute Gasteiger partial charge is 0.126 e. The van der Waals surface area contributed by atoms with E-state index >= 15 is 0 Å². The lowest BCUT2D eigenvalue weighted by Gasteiger charge is -2.17. The summed E-state index contributed by atoms with van der Waals surface area (Å²) < 4.78 is 14.9. The van der Waals surface area contributed by atoms with Gasteiger partial charge in [-0.05, 0) is 65.3 Å². The Labute approximate surface area is 142 Å². The quantitative estimate of drug-likeness (QED) is 0.686. The van der Waals surface area contributed by atoms with Gasteiger partial charge < -0.3 is 5.32 Å². The van der Waals surface area contributed by atoms with Gasteiger partial charge >= 0.3 is 0 Å². The molecule has 1 N–H and O–H groups in total. The molecule has 0 spiro atoms. The average molecular weight is 389 g/mol. The second-order valence-electron chi connectivity index (χ2n) is 4.67. The molecule has 112 valence electrons. The van der Waals surface area contributed by atoms with Crippen molar-refractivity contribution in [1.82, 2.24) is 5.32 Å². The third kappa shape index (κ3) is 4.99. The van der Waals surface area contributed by atoms with E-state index in [-0.39, 0.29) is 11.9 Å². The lowest BCUT2D eigenvalue weighted by molar-refractivity contribution is 0.568. The summed E-state index contributed by atoms with van der Waals surface area (Å²) in [6, 6.07) is 13.0. The van der Waals surface area contributed by atoms with Crippen LogP contribution in [0.15, 0.2) is 51.8 Å². The lowest BCUT2D eigenvalue weighted by Crippen LogP contribution is -2.30. The molecule has 1 atom stereocenters. The van der Waals surface area contributed by atoms with E-state index in [1.165, 1.54) is 11.0 Å². The highest BCUT2D eigenvalue weighted by atomic mass is 79.9. The summed E-state index contributed by atoms with van der Waals surface area (Å²) in [7, 11) is 1.90. The first-order chi connectivity index (χ1) is 10.1. The molecule has 0 heterocycles. The van der Waals surface area contributed by atoms with E-state index in [9.17, 15) is 4.39 Å². The predicted molar refractivity (Wildman–Crippen MR) is 92.8 cm³/mol. The summed E-state index contributed by atoms with van der Waals surface area (Å²) in [6.07, 6.45) is 0.611. The van der Waals surface area contributed by atoms with Crippen LogP contribution in [0.25, 0.3) is 0 Å². The van der Waals surface area contributed by atoms with Crippen molar-refractivity contribution in [3.63, 3.8) is 0 Å². The van der Waals surface area contributed by atoms with Crippen molar-refractivity contribution in [2.45, 2.75) is 17.4 Å². The van der Waals surface area contributed by atoms with E-state index in [1.54, 1.807) is 23.9 Å². The third-order valence-corrected chi connectivity index (χ3v) is 5.58. The van der Waals surface area contributed by atoms with Crippen molar-refractivity contribution >= 4 is 39.3 Å². The van der Waals surface area contributed by atoms with Crippen LogP contribution in [-0.4, -0.2) is 18.8 Å². The van der Waals surface area contributed by atoms with Crippen molar-refractivity contribution in [1.29, 1.82) is 0 Å². The van der Waals surface area contributed by atoms with E-state index in [2.05, 4.69) is 27.3 Å². The molecule has 0 saturated carbocycles. The Kier molecular flexibility index (Phi) is 6.55. The average Bonchev–Trinajstić information content (AvgIpc) is 2.48. The van der Waals surface area contributed by atoms with Crippen molar-refractivity contribution in [3.8, 4) is 0 Å². The largest absolute Gasteiger partial charge is 0.316 e. The zero-order chi connectivity index (χ0) is 15.2. The molecule has 0 radical (unpaired) electrons. The molecule has 0 fully saturated rings. The summed E-state index contributed by atoms with van der Waals surface area (Å²) in [6.45, 7) is 0. The van der Waals surface area contributed by atoms with Crippen LogP contribution in [-0.2, 0) is 6.42 Å². The predicted octanol–water partition coefficient (Wildman–Crippen LogP) is 5.16. The molecule has 0 aliphatic heterocycles. The van der Waals surface area contributed by atoms with Crippen LogP contribution in [0.4, 0.5) is 4.39 Å². The maximum Gasteiger partial charge on any atom is 0.126 e. The maximum atomic E-state index is 13.8. The van der Waals surface area contributed by atoms with Gasteiger partial charge in [-0.15, -0.1) is 11.8 Å². The van der Waals surface area contributed by atoms with E-state index in [0.717, 1.165) is 10.2 Å². The number of halogens is 3. The molecule has 0 amide bonds. The Bertz CT molecular complexity index is 609. The minimum Gasteiger partial charge on any atom is -0.316 e. The molecule has 5 heteroatoms. The second-order valence-corrected chi connectivity index (χ2v) is 7.02. The minimum absolute atomic E-state index is 0.176. The molecule has 0 aliphatic carbocycles. The fourth-order valence-corrected chi connectivity index (χ4v) is 3.83. The van der Waals surface area contributed by atoms with Crippen molar-refractivity contribution in [2.75, 3.05) is 12.8 Å². The Morgan fingerprint density at radius 1 is 1.29 bits per heavy atom. The maximum absolute atomic E-state index is 13.8. The van der Waals surface area contributed by atoms with Gasteiger partial charge in [-0.3, -0.25) is 0 Å². The highest BCUT2D eigenvalue weighted by Crippen LogP contribution is 2.28. The number of likely N-dealkylation sites (N-methyl/N-ethyl adjacent to an activating group) is 1. The summed E-state index contributed by atoms with van der Waals surface area (Å²) in [4.78, 5) is 1.18. The first kappa shape index (κ1) is 16.8. The summed E-state index contributed by atoms with van der Waals surface area (Å²) in [5, 5.41) is 3.81. The Morgan fingerprint density at radius 2 is 2.05 bits per heavy atom. The second kappa shape index (κ2) is 8.18. The van der Waals surface area contributed by atoms with Gasteiger partial charge in [0.05, 0.1) is 0 Å². The van der Waals surface area contributed by atoms with Gasteiger partial charge in [-0.1, -0.05) is 23.7 Å². The molecular weight excluding hydrogens is 373 g/mol. The van der Waals surface area contributed by atoms with E-state index in [0.29, 0.717) is 17.0 Å². The monoisotopic (exact) mass is 387 g/mol. The Balaban J connectivity index is 2.00. The normalized spacial score (nSPS) is 12.4. The topological polar surface area (TPSA) is 12.0 Å². The lowest BCUT2D eigenvalue weighted by atomic mass is 10.1. The van der Waals surface area contributed by atoms with Gasteiger partial charge in [0.25, 0.3) is 0 Å². The SMILES string of the molecule is CNC(CSc1ccccc1Br)Cc1cc(Cl)ccc1F. The highest BCUT2D eigenvalue weighted by Gasteiger charge is 2.12. The molecule has 1 nitrogen and oxygen atoms in total. The van der Waals surface area contributed by atoms with Gasteiger partial charge in [0.15, 0.2) is 0 Å². The van der Waals surface area contributed by atoms with Crippen LogP contribution in [0, 0.1) is 5.82 Å². The van der Waals surface area contributed by atoms with Crippen molar-refractivity contribution in [2.24, 2.45) is 0 Å². The van der Waals surface area contributed by atoms with Crippen LogP contribution in [0.2, 0.25) is 5.02 Å². The summed E-state index contributed by atoms with van der Waals surface area (Å²) in [5.74, 6) is 0.649. The van der Waals surface area contributed by atoms with Crippen LogP contribution in [0.5, 0.6) is 0 Å². The van der Waals surface area contributed by atoms with E-state index in [4.69, 9.17) is 11.6 Å². The molecule has 0 aliphatic rings. The molecular formula is C16H16BrClFNS.